The zero-order valence-electron chi connectivity index (χ0n) is 13.3. The van der Waals surface area contributed by atoms with Gasteiger partial charge in [-0.15, -0.1) is 10.2 Å². The molecule has 1 aromatic rings. The van der Waals surface area contributed by atoms with Crippen LogP contribution >= 0.6 is 0 Å². The molecule has 126 valence electrons. The molecule has 2 aliphatic rings. The Morgan fingerprint density at radius 2 is 2.22 bits per heavy atom. The number of carbonyl (C=O) groups is 2. The average Bonchev–Trinajstić information content (AvgIpc) is 3.00. The molecular formula is C14H22N6O3. The average molecular weight is 322 g/mol. The van der Waals surface area contributed by atoms with E-state index >= 15 is 0 Å². The van der Waals surface area contributed by atoms with Crippen LogP contribution in [0.25, 0.3) is 0 Å². The van der Waals surface area contributed by atoms with Crippen molar-refractivity contribution in [3.8, 4) is 0 Å². The molecule has 0 aliphatic carbocycles. The van der Waals surface area contributed by atoms with Gasteiger partial charge in [-0.25, -0.2) is 0 Å². The highest BCUT2D eigenvalue weighted by molar-refractivity contribution is 5.79. The topological polar surface area (TPSA) is 93.5 Å². The van der Waals surface area contributed by atoms with Gasteiger partial charge >= 0.3 is 0 Å². The molecule has 0 spiro atoms. The smallest absolute Gasteiger partial charge is 0.224 e. The van der Waals surface area contributed by atoms with Crippen LogP contribution in [0.5, 0.6) is 0 Å². The van der Waals surface area contributed by atoms with Gasteiger partial charge in [-0.3, -0.25) is 9.59 Å². The lowest BCUT2D eigenvalue weighted by Crippen LogP contribution is -2.44. The van der Waals surface area contributed by atoms with E-state index < -0.39 is 0 Å². The van der Waals surface area contributed by atoms with Crippen molar-refractivity contribution >= 4 is 11.8 Å². The van der Waals surface area contributed by atoms with Crippen molar-refractivity contribution in [3.63, 3.8) is 0 Å². The van der Waals surface area contributed by atoms with Gasteiger partial charge in [0.05, 0.1) is 20.2 Å². The van der Waals surface area contributed by atoms with Crippen LogP contribution < -0.4 is 0 Å². The van der Waals surface area contributed by atoms with Gasteiger partial charge in [-0.05, 0) is 18.1 Å². The lowest BCUT2D eigenvalue weighted by Gasteiger charge is -2.32. The van der Waals surface area contributed by atoms with Crippen LogP contribution in [0.1, 0.15) is 37.6 Å². The summed E-state index contributed by atoms with van der Waals surface area (Å²) < 4.78 is 5.63. The van der Waals surface area contributed by atoms with Gasteiger partial charge in [0, 0.05) is 32.5 Å². The minimum atomic E-state index is -0.335. The molecule has 23 heavy (non-hydrogen) atoms. The number of amides is 2. The zero-order valence-corrected chi connectivity index (χ0v) is 13.3. The number of rotatable bonds is 4. The third-order valence-electron chi connectivity index (χ3n) is 4.25. The molecular weight excluding hydrogens is 300 g/mol. The van der Waals surface area contributed by atoms with Crippen LogP contribution in [0.15, 0.2) is 0 Å². The maximum atomic E-state index is 12.4. The van der Waals surface area contributed by atoms with Crippen molar-refractivity contribution in [2.45, 2.75) is 31.8 Å². The van der Waals surface area contributed by atoms with Crippen LogP contribution in [0.2, 0.25) is 0 Å². The number of aromatic nitrogens is 4. The molecule has 1 unspecified atom stereocenters. The Morgan fingerprint density at radius 3 is 2.96 bits per heavy atom. The minimum absolute atomic E-state index is 0.0422. The van der Waals surface area contributed by atoms with Gasteiger partial charge in [0.1, 0.15) is 6.10 Å². The van der Waals surface area contributed by atoms with E-state index in [1.54, 1.807) is 16.8 Å². The van der Waals surface area contributed by atoms with E-state index in [1.807, 2.05) is 0 Å². The SMILES string of the molecule is Cn1nnc(C2CN(C(=O)CCN3CCCCC3=O)CCO2)n1. The molecule has 1 aromatic heterocycles. The van der Waals surface area contributed by atoms with Gasteiger partial charge in [0.25, 0.3) is 0 Å². The number of morpholine rings is 1. The van der Waals surface area contributed by atoms with Crippen molar-refractivity contribution in [2.75, 3.05) is 32.8 Å². The highest BCUT2D eigenvalue weighted by atomic mass is 16.5. The molecule has 9 heteroatoms. The second-order valence-electron chi connectivity index (χ2n) is 5.92. The summed E-state index contributed by atoms with van der Waals surface area (Å²) in [6, 6.07) is 0. The Hall–Kier alpha value is -2.03. The van der Waals surface area contributed by atoms with E-state index in [9.17, 15) is 9.59 Å². The Kier molecular flexibility index (Phi) is 4.85. The second-order valence-corrected chi connectivity index (χ2v) is 5.92. The molecule has 1 atom stereocenters. The maximum Gasteiger partial charge on any atom is 0.224 e. The highest BCUT2D eigenvalue weighted by Gasteiger charge is 2.28. The molecule has 2 amide bonds. The maximum absolute atomic E-state index is 12.4. The van der Waals surface area contributed by atoms with Crippen LogP contribution in [-0.4, -0.2) is 74.6 Å². The normalized spacial score (nSPS) is 22.5. The van der Waals surface area contributed by atoms with E-state index in [1.165, 1.54) is 4.80 Å². The van der Waals surface area contributed by atoms with E-state index in [0.29, 0.717) is 44.9 Å². The van der Waals surface area contributed by atoms with Gasteiger partial charge < -0.3 is 14.5 Å². The number of piperidine rings is 1. The molecule has 0 radical (unpaired) electrons. The predicted molar refractivity (Wildman–Crippen MR) is 79.1 cm³/mol. The van der Waals surface area contributed by atoms with Crippen LogP contribution in [0, 0.1) is 0 Å². The second kappa shape index (κ2) is 7.03. The van der Waals surface area contributed by atoms with E-state index in [4.69, 9.17) is 4.74 Å². The van der Waals surface area contributed by atoms with Crippen molar-refractivity contribution in [3.05, 3.63) is 5.82 Å². The van der Waals surface area contributed by atoms with Crippen molar-refractivity contribution in [1.82, 2.24) is 30.0 Å². The molecule has 2 fully saturated rings. The summed E-state index contributed by atoms with van der Waals surface area (Å²) in [5.41, 5.74) is 0. The van der Waals surface area contributed by atoms with E-state index in [-0.39, 0.29) is 17.9 Å². The van der Waals surface area contributed by atoms with Crippen molar-refractivity contribution in [1.29, 1.82) is 0 Å². The molecule has 3 rings (SSSR count). The summed E-state index contributed by atoms with van der Waals surface area (Å²) in [5.74, 6) is 0.699. The Labute approximate surface area is 134 Å². The first-order chi connectivity index (χ1) is 11.1. The monoisotopic (exact) mass is 322 g/mol. The fraction of sp³-hybridized carbons (Fsp3) is 0.786. The quantitative estimate of drug-likeness (QED) is 0.743. The predicted octanol–water partition coefficient (Wildman–Crippen LogP) is -0.487. The first-order valence-corrected chi connectivity index (χ1v) is 8.04. The highest BCUT2D eigenvalue weighted by Crippen LogP contribution is 2.19. The standard InChI is InChI=1S/C14H22N6O3/c1-18-16-14(15-17-18)11-10-20(8-9-23-11)13(22)5-7-19-6-3-2-4-12(19)21/h11H,2-10H2,1H3. The number of likely N-dealkylation sites (tertiary alicyclic amines) is 1. The third-order valence-corrected chi connectivity index (χ3v) is 4.25. The van der Waals surface area contributed by atoms with E-state index in [2.05, 4.69) is 15.4 Å². The van der Waals surface area contributed by atoms with Gasteiger partial charge in [0.2, 0.25) is 17.6 Å². The van der Waals surface area contributed by atoms with Crippen molar-refractivity contribution < 1.29 is 14.3 Å². The molecule has 0 aromatic carbocycles. The number of ether oxygens (including phenoxy) is 1. The Morgan fingerprint density at radius 1 is 1.35 bits per heavy atom. The fourth-order valence-corrected chi connectivity index (χ4v) is 2.95. The van der Waals surface area contributed by atoms with Crippen LogP contribution in [0.3, 0.4) is 0 Å². The molecule has 0 bridgehead atoms. The minimum Gasteiger partial charge on any atom is -0.366 e. The number of tetrazole rings is 1. The molecule has 0 saturated carbocycles. The first kappa shape index (κ1) is 15.9. The van der Waals surface area contributed by atoms with E-state index in [0.717, 1.165) is 19.4 Å². The zero-order chi connectivity index (χ0) is 16.2. The number of hydrogen-bond acceptors (Lipinski definition) is 6. The number of carbonyl (C=O) groups excluding carboxylic acids is 2. The van der Waals surface area contributed by atoms with Gasteiger partial charge in [0.15, 0.2) is 0 Å². The summed E-state index contributed by atoms with van der Waals surface area (Å²) in [6.07, 6.45) is 2.61. The number of nitrogens with zero attached hydrogens (tertiary/aromatic N) is 6. The van der Waals surface area contributed by atoms with Crippen molar-refractivity contribution in [2.24, 2.45) is 7.05 Å². The Bertz CT molecular complexity index is 575. The molecule has 2 saturated heterocycles. The molecule has 2 aliphatic heterocycles. The Balaban J connectivity index is 1.51. The number of aryl methyl sites for hydroxylation is 1. The summed E-state index contributed by atoms with van der Waals surface area (Å²) in [5, 5.41) is 11.9. The first-order valence-electron chi connectivity index (χ1n) is 8.04. The van der Waals surface area contributed by atoms with Gasteiger partial charge in [-0.2, -0.15) is 4.80 Å². The van der Waals surface area contributed by atoms with Crippen LogP contribution in [0.4, 0.5) is 0 Å². The summed E-state index contributed by atoms with van der Waals surface area (Å²) in [6.45, 7) is 2.71. The molecule has 9 nitrogen and oxygen atoms in total. The summed E-state index contributed by atoms with van der Waals surface area (Å²) in [4.78, 5) is 29.1. The summed E-state index contributed by atoms with van der Waals surface area (Å²) in [7, 11) is 1.69. The number of hydrogen-bond donors (Lipinski definition) is 0. The molecule has 3 heterocycles. The fourth-order valence-electron chi connectivity index (χ4n) is 2.95. The lowest BCUT2D eigenvalue weighted by atomic mass is 10.1. The largest absolute Gasteiger partial charge is 0.366 e. The lowest BCUT2D eigenvalue weighted by molar-refractivity contribution is -0.141. The van der Waals surface area contributed by atoms with Crippen LogP contribution in [-0.2, 0) is 21.4 Å². The van der Waals surface area contributed by atoms with Gasteiger partial charge in [-0.1, -0.05) is 0 Å². The summed E-state index contributed by atoms with van der Waals surface area (Å²) >= 11 is 0. The third kappa shape index (κ3) is 3.84. The molecule has 0 N–H and O–H groups in total.